The first-order chi connectivity index (χ1) is 15.7. The standard InChI is InChI=1S/C13H9.2C6H11.C5H5.CH2.2ClH.Zr/c1-3-7-12-10(5-1)9-11-6-2-4-8-13(11)12;2*1-6-4-2-3-5-6;1-2-4-5-3-1;;;;/h1-5,7-8H,9H2;2*6H,1-5H2;1-3H,4H2;1H2;2*1H;/q4*-1;;;;. The molecule has 3 heteroatoms. The minimum atomic E-state index is 0. The van der Waals surface area contributed by atoms with Crippen LogP contribution in [0.5, 0.6) is 0 Å². The zero-order chi connectivity index (χ0) is 23.0. The fraction of sp³-hybridized carbons (Fsp3) is 0.387. The molecule has 2 aromatic carbocycles. The van der Waals surface area contributed by atoms with Crippen LogP contribution in [0.2, 0.25) is 0 Å². The third-order valence-corrected chi connectivity index (χ3v) is 6.15. The average Bonchev–Trinajstić information content (AvgIpc) is 3.64. The second-order valence-corrected chi connectivity index (χ2v) is 8.70. The van der Waals surface area contributed by atoms with Gasteiger partial charge in [-0.25, -0.2) is 12.2 Å². The van der Waals surface area contributed by atoms with Gasteiger partial charge < -0.3 is 13.8 Å². The van der Waals surface area contributed by atoms with E-state index in [1.807, 2.05) is 18.2 Å². The van der Waals surface area contributed by atoms with Crippen molar-refractivity contribution in [3.63, 3.8) is 0 Å². The molecule has 0 aromatic heterocycles. The van der Waals surface area contributed by atoms with Gasteiger partial charge >= 0.3 is 28.4 Å². The molecular formula is C31H40Cl2Zr-4. The maximum atomic E-state index is 3.94. The summed E-state index contributed by atoms with van der Waals surface area (Å²) in [6.07, 6.45) is 22.2. The maximum Gasteiger partial charge on any atom is -0.0253 e. The minimum Gasteiger partial charge on any atom is -0.179 e. The fourth-order valence-corrected chi connectivity index (χ4v) is 4.36. The van der Waals surface area contributed by atoms with Crippen LogP contribution in [0.25, 0.3) is 11.1 Å². The summed E-state index contributed by atoms with van der Waals surface area (Å²) in [6, 6.07) is 18.1. The number of halogens is 2. The minimum absolute atomic E-state index is 0. The van der Waals surface area contributed by atoms with E-state index >= 15 is 0 Å². The van der Waals surface area contributed by atoms with Gasteiger partial charge in [0.05, 0.1) is 0 Å². The van der Waals surface area contributed by atoms with E-state index in [4.69, 9.17) is 0 Å². The summed E-state index contributed by atoms with van der Waals surface area (Å²) in [6.45, 7) is 7.88. The van der Waals surface area contributed by atoms with E-state index in [1.54, 1.807) is 0 Å². The SMILES string of the molecule is Cl.Cl.[C-]1=CC=CC1.[CH2-]C1CCCC1.[CH2-]C1CCCC1.[CH2]=[Zr].[c-]1cccc2c1Cc1ccccc1-2. The quantitative estimate of drug-likeness (QED) is 0.235. The predicted molar refractivity (Wildman–Crippen MR) is 151 cm³/mol. The Hall–Kier alpha value is -0.747. The Morgan fingerprint density at radius 3 is 1.79 bits per heavy atom. The largest absolute Gasteiger partial charge is 0.179 e. The topological polar surface area (TPSA) is 0 Å². The molecule has 2 saturated carbocycles. The second kappa shape index (κ2) is 20.4. The van der Waals surface area contributed by atoms with Gasteiger partial charge in [-0.15, -0.1) is 36.8 Å². The van der Waals surface area contributed by atoms with Crippen LogP contribution in [0.15, 0.2) is 60.7 Å². The van der Waals surface area contributed by atoms with Crippen LogP contribution in [-0.2, 0) is 30.7 Å². The molecule has 0 saturated heterocycles. The summed E-state index contributed by atoms with van der Waals surface area (Å²) in [7, 11) is 0. The fourth-order valence-electron chi connectivity index (χ4n) is 4.36. The molecule has 0 atom stereocenters. The summed E-state index contributed by atoms with van der Waals surface area (Å²) >= 11 is 1.30. The van der Waals surface area contributed by atoms with Gasteiger partial charge in [0.25, 0.3) is 0 Å². The zero-order valence-corrected chi connectivity index (χ0v) is 24.5. The molecule has 0 unspecified atom stereocenters. The van der Waals surface area contributed by atoms with Gasteiger partial charge in [0.2, 0.25) is 0 Å². The van der Waals surface area contributed by atoms with E-state index < -0.39 is 0 Å². The first-order valence-corrected chi connectivity index (χ1v) is 13.8. The van der Waals surface area contributed by atoms with Crippen LogP contribution in [0.1, 0.15) is 68.9 Å². The van der Waals surface area contributed by atoms with Crippen LogP contribution in [0, 0.1) is 37.8 Å². The van der Waals surface area contributed by atoms with E-state index in [9.17, 15) is 0 Å². The first kappa shape index (κ1) is 33.3. The number of benzene rings is 2. The molecule has 0 N–H and O–H groups in total. The molecule has 0 spiro atoms. The number of rotatable bonds is 0. The Balaban J connectivity index is 0.000000444. The van der Waals surface area contributed by atoms with Crippen LogP contribution in [-0.4, -0.2) is 4.21 Å². The van der Waals surface area contributed by atoms with Gasteiger partial charge in [-0.1, -0.05) is 86.8 Å². The van der Waals surface area contributed by atoms with Crippen molar-refractivity contribution in [3.8, 4) is 11.1 Å². The number of allylic oxidation sites excluding steroid dienone is 4. The van der Waals surface area contributed by atoms with Gasteiger partial charge in [-0.3, -0.25) is 6.08 Å². The summed E-state index contributed by atoms with van der Waals surface area (Å²) < 4.78 is 3.34. The molecule has 4 aliphatic carbocycles. The van der Waals surface area contributed by atoms with Crippen LogP contribution >= 0.6 is 24.8 Å². The van der Waals surface area contributed by atoms with Crippen molar-refractivity contribution in [1.82, 2.24) is 0 Å². The van der Waals surface area contributed by atoms with Gasteiger partial charge in [0, 0.05) is 0 Å². The van der Waals surface area contributed by atoms with Gasteiger partial charge in [0.15, 0.2) is 0 Å². The smallest absolute Gasteiger partial charge is 0.0253 e. The van der Waals surface area contributed by atoms with Gasteiger partial charge in [0.1, 0.15) is 0 Å². The second-order valence-electron chi connectivity index (χ2n) is 8.70. The normalized spacial score (nSPS) is 16.4. The van der Waals surface area contributed by atoms with Crippen molar-refractivity contribution in [2.45, 2.75) is 64.2 Å². The molecule has 6 rings (SSSR count). The maximum absolute atomic E-state index is 3.94. The molecule has 34 heavy (non-hydrogen) atoms. The number of hydrogen-bond acceptors (Lipinski definition) is 0. The molecule has 0 nitrogen and oxygen atoms in total. The Morgan fingerprint density at radius 1 is 0.794 bits per heavy atom. The molecule has 2 fully saturated rings. The molecular weight excluding hydrogens is 534 g/mol. The summed E-state index contributed by atoms with van der Waals surface area (Å²) in [5, 5.41) is 0. The van der Waals surface area contributed by atoms with Crippen molar-refractivity contribution in [1.29, 1.82) is 0 Å². The summed E-state index contributed by atoms with van der Waals surface area (Å²) in [5.74, 6) is 1.59. The van der Waals surface area contributed by atoms with Crippen LogP contribution in [0.3, 0.4) is 0 Å². The van der Waals surface area contributed by atoms with Gasteiger partial charge in [-0.2, -0.15) is 47.7 Å². The average molecular weight is 575 g/mol. The van der Waals surface area contributed by atoms with Crippen molar-refractivity contribution < 1.29 is 24.2 Å². The van der Waals surface area contributed by atoms with Crippen molar-refractivity contribution in [2.24, 2.45) is 11.8 Å². The van der Waals surface area contributed by atoms with E-state index in [0.29, 0.717) is 0 Å². The molecule has 0 radical (unpaired) electrons. The Morgan fingerprint density at radius 2 is 1.35 bits per heavy atom. The number of hydrogen-bond donors (Lipinski definition) is 0. The molecule has 2 aromatic rings. The van der Waals surface area contributed by atoms with E-state index in [0.717, 1.165) is 24.7 Å². The molecule has 0 heterocycles. The predicted octanol–water partition coefficient (Wildman–Crippen LogP) is 9.19. The third-order valence-electron chi connectivity index (χ3n) is 6.15. The number of fused-ring (bicyclic) bond motifs is 3. The first-order valence-electron chi connectivity index (χ1n) is 12.0. The zero-order valence-electron chi connectivity index (χ0n) is 20.4. The van der Waals surface area contributed by atoms with Crippen molar-refractivity contribution in [3.05, 3.63) is 97.8 Å². The molecule has 186 valence electrons. The van der Waals surface area contributed by atoms with E-state index in [-0.39, 0.29) is 24.8 Å². The monoisotopic (exact) mass is 572 g/mol. The van der Waals surface area contributed by atoms with Crippen molar-refractivity contribution >= 4 is 29.0 Å². The van der Waals surface area contributed by atoms with Crippen LogP contribution in [0.4, 0.5) is 0 Å². The summed E-state index contributed by atoms with van der Waals surface area (Å²) in [4.78, 5) is 0. The van der Waals surface area contributed by atoms with E-state index in [2.05, 4.69) is 72.7 Å². The third kappa shape index (κ3) is 12.3. The molecule has 0 amide bonds. The molecule has 0 bridgehead atoms. The van der Waals surface area contributed by atoms with Crippen molar-refractivity contribution in [2.75, 3.05) is 0 Å². The Bertz CT molecular complexity index is 763. The van der Waals surface area contributed by atoms with E-state index in [1.165, 1.54) is 97.9 Å². The summed E-state index contributed by atoms with van der Waals surface area (Å²) in [5.41, 5.74) is 5.51. The molecule has 4 aliphatic rings. The van der Waals surface area contributed by atoms with Crippen LogP contribution < -0.4 is 0 Å². The van der Waals surface area contributed by atoms with Gasteiger partial charge in [-0.05, 0) is 6.42 Å². The molecule has 0 aliphatic heterocycles. The Kier molecular flexibility index (Phi) is 20.0. The Labute approximate surface area is 236 Å².